The first-order valence-corrected chi connectivity index (χ1v) is 14.8. The normalized spacial score (nSPS) is 13.7. The lowest BCUT2D eigenvalue weighted by molar-refractivity contribution is -0.143. The van der Waals surface area contributed by atoms with Gasteiger partial charge >= 0.3 is 12.0 Å². The molecule has 1 rings (SSSR count). The molecule has 0 saturated carbocycles. The van der Waals surface area contributed by atoms with Crippen LogP contribution in [0.25, 0.3) is 0 Å². The number of amides is 5. The van der Waals surface area contributed by atoms with Gasteiger partial charge < -0.3 is 37.0 Å². The second-order valence-corrected chi connectivity index (χ2v) is 10.6. The molecule has 0 fully saturated rings. The van der Waals surface area contributed by atoms with E-state index in [1.165, 1.54) is 18.7 Å². The number of carbonyl (C=O) groups is 5. The third-order valence-electron chi connectivity index (χ3n) is 6.28. The van der Waals surface area contributed by atoms with Gasteiger partial charge in [0.25, 0.3) is 0 Å². The Morgan fingerprint density at radius 3 is 2.17 bits per heavy atom. The number of carboxylic acid groups (broad SMARTS) is 1. The highest BCUT2D eigenvalue weighted by Gasteiger charge is 2.29. The fraction of sp³-hybridized carbons (Fsp3) is 0.593. The molecule has 0 bridgehead atoms. The molecule has 0 heterocycles. The van der Waals surface area contributed by atoms with Crippen LogP contribution in [-0.4, -0.2) is 79.1 Å². The molecule has 1 aromatic rings. The lowest BCUT2D eigenvalue weighted by atomic mass is 9.97. The van der Waals surface area contributed by atoms with E-state index in [0.717, 1.165) is 5.56 Å². The molecule has 0 aliphatic heterocycles. The molecule has 224 valence electrons. The number of carbonyl (C=O) groups excluding carboxylic acids is 4. The highest BCUT2D eigenvalue weighted by molar-refractivity contribution is 7.98. The van der Waals surface area contributed by atoms with E-state index in [2.05, 4.69) is 31.9 Å². The predicted octanol–water partition coefficient (Wildman–Crippen LogP) is 1.52. The van der Waals surface area contributed by atoms with Crippen molar-refractivity contribution in [1.29, 1.82) is 0 Å². The topological polar surface area (TPSA) is 178 Å². The molecule has 40 heavy (non-hydrogen) atoms. The van der Waals surface area contributed by atoms with Gasteiger partial charge in [0, 0.05) is 31.7 Å². The first-order valence-electron chi connectivity index (χ1n) is 13.4. The van der Waals surface area contributed by atoms with Crippen LogP contribution in [0.3, 0.4) is 0 Å². The van der Waals surface area contributed by atoms with Gasteiger partial charge in [-0.3, -0.25) is 19.2 Å². The van der Waals surface area contributed by atoms with E-state index in [1.807, 2.05) is 39.3 Å². The second kappa shape index (κ2) is 18.9. The first kappa shape index (κ1) is 34.7. The van der Waals surface area contributed by atoms with Gasteiger partial charge in [-0.25, -0.2) is 4.79 Å². The van der Waals surface area contributed by atoms with Gasteiger partial charge in [-0.15, -0.1) is 0 Å². The van der Waals surface area contributed by atoms with Crippen LogP contribution in [0.1, 0.15) is 45.6 Å². The van der Waals surface area contributed by atoms with Crippen LogP contribution in [-0.2, 0) is 25.7 Å². The lowest BCUT2D eigenvalue weighted by Gasteiger charge is -2.26. The SMILES string of the molecule is CC[C@H](C)[C@H](NC(=O)[C@H](CCSC)NC(=O)Nc1ccc(CNC)cc1)C(=O)NCCNC(=O)CC(C)C(=O)O. The highest BCUT2D eigenvalue weighted by atomic mass is 32.2. The summed E-state index contributed by atoms with van der Waals surface area (Å²) in [6, 6.07) is 5.11. The molecule has 12 nitrogen and oxygen atoms in total. The Labute approximate surface area is 240 Å². The summed E-state index contributed by atoms with van der Waals surface area (Å²) in [6.07, 6.45) is 2.74. The standard InChI is InChI=1S/C27H44N6O6S/c1-6-17(2)23(25(36)30-13-12-29-22(34)15-18(3)26(37)38)33-24(35)21(11-14-40-5)32-27(39)31-20-9-7-19(8-10-20)16-28-4/h7-10,17-18,21,23,28H,6,11-16H2,1-5H3,(H,29,34)(H,30,36)(H,33,35)(H,37,38)(H2,31,32,39)/t17-,18?,21-,23-/m0/s1. The fourth-order valence-electron chi connectivity index (χ4n) is 3.63. The molecule has 0 saturated heterocycles. The van der Waals surface area contributed by atoms with Crippen molar-refractivity contribution in [2.75, 3.05) is 37.5 Å². The average Bonchev–Trinajstić information content (AvgIpc) is 2.92. The minimum Gasteiger partial charge on any atom is -0.481 e. The fourth-order valence-corrected chi connectivity index (χ4v) is 4.10. The van der Waals surface area contributed by atoms with Crippen molar-refractivity contribution in [2.45, 2.75) is 58.7 Å². The average molecular weight is 581 g/mol. The number of hydrogen-bond donors (Lipinski definition) is 7. The predicted molar refractivity (Wildman–Crippen MR) is 157 cm³/mol. The number of urea groups is 1. The summed E-state index contributed by atoms with van der Waals surface area (Å²) in [5, 5.41) is 25.5. The highest BCUT2D eigenvalue weighted by Crippen LogP contribution is 2.12. The molecule has 0 aliphatic carbocycles. The van der Waals surface area contributed by atoms with Crippen LogP contribution in [0.2, 0.25) is 0 Å². The Hall–Kier alpha value is -3.32. The molecule has 1 aromatic carbocycles. The number of thioether (sulfide) groups is 1. The summed E-state index contributed by atoms with van der Waals surface area (Å²) >= 11 is 1.54. The molecule has 0 spiro atoms. The maximum atomic E-state index is 13.2. The number of hydrogen-bond acceptors (Lipinski definition) is 7. The van der Waals surface area contributed by atoms with Gasteiger partial charge in [0.05, 0.1) is 5.92 Å². The van der Waals surface area contributed by atoms with Gasteiger partial charge in [0.2, 0.25) is 17.7 Å². The van der Waals surface area contributed by atoms with Gasteiger partial charge in [-0.1, -0.05) is 39.3 Å². The van der Waals surface area contributed by atoms with E-state index >= 15 is 0 Å². The zero-order valence-electron chi connectivity index (χ0n) is 24.0. The smallest absolute Gasteiger partial charge is 0.319 e. The maximum absolute atomic E-state index is 13.2. The molecule has 4 atom stereocenters. The van der Waals surface area contributed by atoms with Crippen LogP contribution in [0.4, 0.5) is 10.5 Å². The number of carboxylic acids is 1. The third kappa shape index (κ3) is 13.2. The van der Waals surface area contributed by atoms with Crippen molar-refractivity contribution in [3.63, 3.8) is 0 Å². The van der Waals surface area contributed by atoms with Crippen molar-refractivity contribution < 1.29 is 29.1 Å². The quantitative estimate of drug-likeness (QED) is 0.128. The largest absolute Gasteiger partial charge is 0.481 e. The Kier molecular flexibility index (Phi) is 16.4. The Morgan fingerprint density at radius 2 is 1.60 bits per heavy atom. The van der Waals surface area contributed by atoms with Crippen molar-refractivity contribution >= 4 is 47.2 Å². The zero-order valence-corrected chi connectivity index (χ0v) is 24.8. The van der Waals surface area contributed by atoms with Crippen LogP contribution in [0, 0.1) is 11.8 Å². The van der Waals surface area contributed by atoms with Crippen LogP contribution >= 0.6 is 11.8 Å². The van der Waals surface area contributed by atoms with Gasteiger partial charge in [0.15, 0.2) is 0 Å². The van der Waals surface area contributed by atoms with Crippen LogP contribution in [0.5, 0.6) is 0 Å². The van der Waals surface area contributed by atoms with Crippen molar-refractivity contribution in [1.82, 2.24) is 26.6 Å². The molecular weight excluding hydrogens is 536 g/mol. The molecule has 7 N–H and O–H groups in total. The number of anilines is 1. The molecule has 0 radical (unpaired) electrons. The molecule has 5 amide bonds. The number of aliphatic carboxylic acids is 1. The Balaban J connectivity index is 2.74. The Bertz CT molecular complexity index is 977. The molecule has 1 unspecified atom stereocenters. The minimum absolute atomic E-state index is 0.110. The molecular formula is C27H44N6O6S. The Morgan fingerprint density at radius 1 is 0.950 bits per heavy atom. The van der Waals surface area contributed by atoms with Crippen LogP contribution in [0.15, 0.2) is 24.3 Å². The summed E-state index contributed by atoms with van der Waals surface area (Å²) in [4.78, 5) is 61.6. The van der Waals surface area contributed by atoms with Crippen molar-refractivity contribution in [3.8, 4) is 0 Å². The number of benzene rings is 1. The zero-order chi connectivity index (χ0) is 30.1. The summed E-state index contributed by atoms with van der Waals surface area (Å²) in [6.45, 7) is 6.12. The molecule has 13 heteroatoms. The van der Waals surface area contributed by atoms with E-state index in [0.29, 0.717) is 30.8 Å². The summed E-state index contributed by atoms with van der Waals surface area (Å²) in [5.74, 6) is -2.74. The van der Waals surface area contributed by atoms with E-state index in [-0.39, 0.29) is 25.4 Å². The van der Waals surface area contributed by atoms with Gasteiger partial charge in [0.1, 0.15) is 12.1 Å². The number of rotatable bonds is 18. The lowest BCUT2D eigenvalue weighted by Crippen LogP contribution is -2.56. The van der Waals surface area contributed by atoms with E-state index in [1.54, 1.807) is 12.1 Å². The van der Waals surface area contributed by atoms with Gasteiger partial charge in [-0.05, 0) is 49.1 Å². The second-order valence-electron chi connectivity index (χ2n) is 9.62. The minimum atomic E-state index is -1.06. The summed E-state index contributed by atoms with van der Waals surface area (Å²) in [7, 11) is 1.85. The van der Waals surface area contributed by atoms with Crippen LogP contribution < -0.4 is 31.9 Å². The van der Waals surface area contributed by atoms with E-state index in [9.17, 15) is 24.0 Å². The number of nitrogens with one attached hydrogen (secondary N) is 6. The molecule has 0 aliphatic rings. The summed E-state index contributed by atoms with van der Waals surface area (Å²) < 4.78 is 0. The summed E-state index contributed by atoms with van der Waals surface area (Å²) in [5.41, 5.74) is 1.65. The van der Waals surface area contributed by atoms with Gasteiger partial charge in [-0.2, -0.15) is 11.8 Å². The third-order valence-corrected chi connectivity index (χ3v) is 6.92. The van der Waals surface area contributed by atoms with E-state index < -0.39 is 47.7 Å². The van der Waals surface area contributed by atoms with Crippen molar-refractivity contribution in [3.05, 3.63) is 29.8 Å². The molecule has 0 aromatic heterocycles. The first-order chi connectivity index (χ1) is 19.0. The van der Waals surface area contributed by atoms with Crippen molar-refractivity contribution in [2.24, 2.45) is 11.8 Å². The van der Waals surface area contributed by atoms with E-state index in [4.69, 9.17) is 5.11 Å². The monoisotopic (exact) mass is 580 g/mol. The maximum Gasteiger partial charge on any atom is 0.319 e.